The molecule has 0 aliphatic carbocycles. The largest absolute Gasteiger partial charge is 0.452 e. The van der Waals surface area contributed by atoms with Crippen LogP contribution in [0, 0.1) is 0 Å². The normalized spacial score (nSPS) is 11.6. The minimum atomic E-state index is -4.61. The number of fused-ring (bicyclic) bond motifs is 1. The molecule has 34 heavy (non-hydrogen) atoms. The highest BCUT2D eigenvalue weighted by Gasteiger charge is 2.31. The summed E-state index contributed by atoms with van der Waals surface area (Å²) in [5, 5.41) is 12.3. The first-order chi connectivity index (χ1) is 16.3. The van der Waals surface area contributed by atoms with Gasteiger partial charge in [-0.15, -0.1) is 10.2 Å². The van der Waals surface area contributed by atoms with Crippen LogP contribution in [0.3, 0.4) is 0 Å². The number of halogens is 3. The number of pyridine rings is 1. The number of amides is 1. The van der Waals surface area contributed by atoms with Gasteiger partial charge in [0.1, 0.15) is 6.33 Å². The molecule has 8 nitrogen and oxygen atoms in total. The maximum absolute atomic E-state index is 13.2. The molecule has 2 heterocycles. The molecule has 0 aliphatic rings. The van der Waals surface area contributed by atoms with E-state index in [-0.39, 0.29) is 11.3 Å². The first-order valence-electron chi connectivity index (χ1n) is 9.87. The average molecular weight is 467 g/mol. The molecule has 0 atom stereocenters. The van der Waals surface area contributed by atoms with Gasteiger partial charge in [0.15, 0.2) is 12.3 Å². The molecule has 0 radical (unpaired) electrons. The van der Waals surface area contributed by atoms with E-state index in [0.717, 1.165) is 23.2 Å². The summed E-state index contributed by atoms with van der Waals surface area (Å²) in [6.07, 6.45) is -0.466. The van der Waals surface area contributed by atoms with Gasteiger partial charge in [0.05, 0.1) is 23.0 Å². The number of carbonyl (C=O) groups is 2. The fraction of sp³-hybridized carbons (Fsp3) is 0.0870. The van der Waals surface area contributed by atoms with E-state index in [1.807, 2.05) is 0 Å². The molecule has 0 aliphatic heterocycles. The number of alkyl halides is 3. The number of hydrazone groups is 1. The van der Waals surface area contributed by atoms with Gasteiger partial charge in [0, 0.05) is 6.20 Å². The third kappa shape index (κ3) is 5.26. The molecule has 0 saturated heterocycles. The number of anilines is 1. The van der Waals surface area contributed by atoms with Crippen LogP contribution in [-0.4, -0.2) is 39.3 Å². The van der Waals surface area contributed by atoms with Crippen LogP contribution in [0.2, 0.25) is 0 Å². The number of carbonyl (C=O) groups excluding carboxylic acids is 2. The lowest BCUT2D eigenvalue weighted by Crippen LogP contribution is -2.31. The molecule has 2 aromatic carbocycles. The van der Waals surface area contributed by atoms with Gasteiger partial charge in [0.25, 0.3) is 5.91 Å². The van der Waals surface area contributed by atoms with E-state index >= 15 is 0 Å². The number of nitrogens with zero attached hydrogens (tertiary/aromatic N) is 5. The summed E-state index contributed by atoms with van der Waals surface area (Å²) >= 11 is 0. The minimum Gasteiger partial charge on any atom is -0.452 e. The second kappa shape index (κ2) is 9.53. The number of hydrogen-bond acceptors (Lipinski definition) is 6. The zero-order chi connectivity index (χ0) is 24.1. The molecule has 1 amide bonds. The van der Waals surface area contributed by atoms with Crippen LogP contribution in [0.5, 0.6) is 0 Å². The molecule has 0 spiro atoms. The summed E-state index contributed by atoms with van der Waals surface area (Å²) in [5.41, 5.74) is 0.189. The number of benzene rings is 2. The van der Waals surface area contributed by atoms with Gasteiger partial charge < -0.3 is 4.74 Å². The Morgan fingerprint density at radius 3 is 2.62 bits per heavy atom. The van der Waals surface area contributed by atoms with E-state index in [1.54, 1.807) is 36.4 Å². The van der Waals surface area contributed by atoms with Crippen molar-refractivity contribution in [3.63, 3.8) is 0 Å². The van der Waals surface area contributed by atoms with Gasteiger partial charge in [-0.2, -0.15) is 23.3 Å². The van der Waals surface area contributed by atoms with Crippen molar-refractivity contribution >= 4 is 29.4 Å². The molecule has 4 rings (SSSR count). The highest BCUT2D eigenvalue weighted by molar-refractivity contribution is 5.98. The van der Waals surface area contributed by atoms with Crippen molar-refractivity contribution < 1.29 is 27.5 Å². The molecule has 172 valence electrons. The van der Waals surface area contributed by atoms with Crippen molar-refractivity contribution in [2.45, 2.75) is 6.18 Å². The molecule has 2 aromatic heterocycles. The fourth-order valence-electron chi connectivity index (χ4n) is 2.97. The van der Waals surface area contributed by atoms with Crippen LogP contribution in [0.4, 0.5) is 18.9 Å². The number of hydrogen-bond donors (Lipinski definition) is 0. The Morgan fingerprint density at radius 2 is 1.85 bits per heavy atom. The van der Waals surface area contributed by atoms with Gasteiger partial charge in [-0.25, -0.2) is 4.79 Å². The average Bonchev–Trinajstić information content (AvgIpc) is 3.31. The molecule has 11 heteroatoms. The van der Waals surface area contributed by atoms with Crippen molar-refractivity contribution in [2.24, 2.45) is 5.10 Å². The monoisotopic (exact) mass is 467 g/mol. The first kappa shape index (κ1) is 22.6. The highest BCUT2D eigenvalue weighted by atomic mass is 19.4. The van der Waals surface area contributed by atoms with E-state index in [4.69, 9.17) is 4.74 Å². The van der Waals surface area contributed by atoms with Crippen LogP contribution in [-0.2, 0) is 15.7 Å². The van der Waals surface area contributed by atoms with E-state index in [9.17, 15) is 22.8 Å². The summed E-state index contributed by atoms with van der Waals surface area (Å²) in [5.74, 6) is -1.65. The lowest BCUT2D eigenvalue weighted by molar-refractivity contribution is -0.137. The minimum absolute atomic E-state index is 0.131. The molecular weight excluding hydrogens is 451 g/mol. The molecule has 0 bridgehead atoms. The van der Waals surface area contributed by atoms with Crippen molar-refractivity contribution in [3.8, 4) is 0 Å². The van der Waals surface area contributed by atoms with Gasteiger partial charge >= 0.3 is 12.1 Å². The van der Waals surface area contributed by atoms with Crippen LogP contribution in [0.1, 0.15) is 21.5 Å². The molecule has 0 saturated carbocycles. The second-order valence-electron chi connectivity index (χ2n) is 7.00. The third-order valence-corrected chi connectivity index (χ3v) is 4.63. The first-order valence-corrected chi connectivity index (χ1v) is 9.87. The molecular formula is C23H16F3N5O3. The Hall–Kier alpha value is -4.54. The van der Waals surface area contributed by atoms with E-state index < -0.39 is 30.2 Å². The quantitative estimate of drug-likeness (QED) is 0.243. The molecule has 4 aromatic rings. The number of rotatable bonds is 6. The summed E-state index contributed by atoms with van der Waals surface area (Å²) in [6, 6.07) is 15.8. The van der Waals surface area contributed by atoms with E-state index in [0.29, 0.717) is 11.2 Å². The lowest BCUT2D eigenvalue weighted by Gasteiger charge is -2.18. The third-order valence-electron chi connectivity index (χ3n) is 4.63. The maximum Gasteiger partial charge on any atom is 0.416 e. The highest BCUT2D eigenvalue weighted by Crippen LogP contribution is 2.31. The SMILES string of the molecule is O=C(OCC(=O)N(/N=C/c1ccccc1)c1cccc(C(F)(F)F)c1)c1ccc2nncn2c1. The zero-order valence-corrected chi connectivity index (χ0v) is 17.4. The zero-order valence-electron chi connectivity index (χ0n) is 17.4. The topological polar surface area (TPSA) is 89.2 Å². The predicted molar refractivity (Wildman–Crippen MR) is 116 cm³/mol. The number of ether oxygens (including phenoxy) is 1. The second-order valence-corrected chi connectivity index (χ2v) is 7.00. The Kier molecular flexibility index (Phi) is 6.35. The Bertz CT molecular complexity index is 1350. The maximum atomic E-state index is 13.2. The summed E-state index contributed by atoms with van der Waals surface area (Å²) in [6.45, 7) is -0.749. The van der Waals surface area contributed by atoms with Crippen molar-refractivity contribution in [3.05, 3.63) is 95.9 Å². The summed E-state index contributed by atoms with van der Waals surface area (Å²) in [4.78, 5) is 25.3. The Balaban J connectivity index is 1.55. The van der Waals surface area contributed by atoms with Gasteiger partial charge in [-0.05, 0) is 35.9 Å². The standard InChI is InChI=1S/C23H16F3N5O3/c24-23(25,26)18-7-4-8-19(11-18)31(28-12-16-5-2-1-3-6-16)21(32)14-34-22(33)17-9-10-20-29-27-15-30(20)13-17/h1-13,15H,14H2/b28-12+. The Labute approximate surface area is 190 Å². The molecule has 0 fully saturated rings. The smallest absolute Gasteiger partial charge is 0.416 e. The summed E-state index contributed by atoms with van der Waals surface area (Å²) in [7, 11) is 0. The van der Waals surface area contributed by atoms with Crippen molar-refractivity contribution in [1.29, 1.82) is 0 Å². The van der Waals surface area contributed by atoms with Crippen LogP contribution >= 0.6 is 0 Å². The molecule has 0 N–H and O–H groups in total. The predicted octanol–water partition coefficient (Wildman–Crippen LogP) is 3.97. The van der Waals surface area contributed by atoms with E-state index in [2.05, 4.69) is 15.3 Å². The van der Waals surface area contributed by atoms with Crippen LogP contribution in [0.25, 0.3) is 5.65 Å². The Morgan fingerprint density at radius 1 is 1.06 bits per heavy atom. The number of esters is 1. The van der Waals surface area contributed by atoms with Crippen LogP contribution < -0.4 is 5.01 Å². The van der Waals surface area contributed by atoms with Gasteiger partial charge in [-0.3, -0.25) is 9.20 Å². The van der Waals surface area contributed by atoms with Gasteiger partial charge in [-0.1, -0.05) is 36.4 Å². The van der Waals surface area contributed by atoms with Crippen molar-refractivity contribution in [1.82, 2.24) is 14.6 Å². The molecule has 0 unspecified atom stereocenters. The van der Waals surface area contributed by atoms with Crippen LogP contribution in [0.15, 0.2) is 84.4 Å². The number of aromatic nitrogens is 3. The lowest BCUT2D eigenvalue weighted by atomic mass is 10.2. The fourth-order valence-corrected chi connectivity index (χ4v) is 2.97. The van der Waals surface area contributed by atoms with Crippen molar-refractivity contribution in [2.75, 3.05) is 11.6 Å². The van der Waals surface area contributed by atoms with E-state index in [1.165, 1.54) is 35.3 Å². The van der Waals surface area contributed by atoms with Gasteiger partial charge in [0.2, 0.25) is 0 Å². The summed E-state index contributed by atoms with van der Waals surface area (Å²) < 4.78 is 46.2.